The van der Waals surface area contributed by atoms with Gasteiger partial charge < -0.3 is 9.53 Å². The number of hydrogen-bond donors (Lipinski definition) is 0. The summed E-state index contributed by atoms with van der Waals surface area (Å²) in [6, 6.07) is 0.510. The van der Waals surface area contributed by atoms with Crippen molar-refractivity contribution in [3.05, 3.63) is 0 Å². The zero-order valence-electron chi connectivity index (χ0n) is 8.53. The van der Waals surface area contributed by atoms with E-state index in [9.17, 15) is 4.79 Å². The van der Waals surface area contributed by atoms with E-state index in [0.29, 0.717) is 18.6 Å². The summed E-state index contributed by atoms with van der Waals surface area (Å²) in [5.74, 6) is 0. The van der Waals surface area contributed by atoms with Gasteiger partial charge in [-0.2, -0.15) is 0 Å². The molecule has 13 heavy (non-hydrogen) atoms. The van der Waals surface area contributed by atoms with Crippen molar-refractivity contribution in [1.82, 2.24) is 4.90 Å². The fourth-order valence-electron chi connectivity index (χ4n) is 1.78. The first kappa shape index (κ1) is 10.7. The van der Waals surface area contributed by atoms with Gasteiger partial charge in [-0.15, -0.1) is 0 Å². The maximum absolute atomic E-state index is 10.3. The Balaban J connectivity index is 2.39. The normalized spacial score (nSPS) is 30.3. The van der Waals surface area contributed by atoms with Gasteiger partial charge in [-0.1, -0.05) is 6.92 Å². The van der Waals surface area contributed by atoms with Crippen molar-refractivity contribution in [3.63, 3.8) is 0 Å². The highest BCUT2D eigenvalue weighted by Crippen LogP contribution is 2.14. The van der Waals surface area contributed by atoms with Crippen LogP contribution in [0.15, 0.2) is 0 Å². The lowest BCUT2D eigenvalue weighted by molar-refractivity contribution is -0.109. The molecule has 2 unspecified atom stereocenters. The fraction of sp³-hybridized carbons (Fsp3) is 0.900. The van der Waals surface area contributed by atoms with Crippen molar-refractivity contribution in [2.24, 2.45) is 0 Å². The van der Waals surface area contributed by atoms with Gasteiger partial charge in [0.25, 0.3) is 0 Å². The second-order valence-corrected chi connectivity index (χ2v) is 3.66. The molecular weight excluding hydrogens is 166 g/mol. The molecule has 0 aromatic carbocycles. The van der Waals surface area contributed by atoms with E-state index < -0.39 is 0 Å². The third-order valence-electron chi connectivity index (χ3n) is 2.59. The smallest absolute Gasteiger partial charge is 0.121 e. The summed E-state index contributed by atoms with van der Waals surface area (Å²) in [7, 11) is 0. The minimum atomic E-state index is 0.314. The molecule has 1 aliphatic rings. The fourth-order valence-corrected chi connectivity index (χ4v) is 1.78. The van der Waals surface area contributed by atoms with Gasteiger partial charge in [0.05, 0.1) is 12.7 Å². The number of carbonyl (C=O) groups excluding carboxylic acids is 1. The third kappa shape index (κ3) is 3.08. The third-order valence-corrected chi connectivity index (χ3v) is 2.59. The van der Waals surface area contributed by atoms with Crippen LogP contribution in [-0.2, 0) is 9.53 Å². The molecule has 0 spiro atoms. The van der Waals surface area contributed by atoms with Gasteiger partial charge in [-0.05, 0) is 13.3 Å². The topological polar surface area (TPSA) is 29.5 Å². The molecular formula is C10H19NO2. The Labute approximate surface area is 80.1 Å². The maximum atomic E-state index is 10.3. The van der Waals surface area contributed by atoms with Crippen LogP contribution in [0.5, 0.6) is 0 Å². The summed E-state index contributed by atoms with van der Waals surface area (Å²) in [6.07, 6.45) is 3.05. The van der Waals surface area contributed by atoms with Crippen LogP contribution < -0.4 is 0 Å². The first-order valence-corrected chi connectivity index (χ1v) is 5.07. The van der Waals surface area contributed by atoms with Gasteiger partial charge in [-0.25, -0.2) is 0 Å². The van der Waals surface area contributed by atoms with Crippen LogP contribution in [-0.4, -0.2) is 43.0 Å². The van der Waals surface area contributed by atoms with E-state index in [0.717, 1.165) is 32.4 Å². The largest absolute Gasteiger partial charge is 0.376 e. The maximum Gasteiger partial charge on any atom is 0.121 e. The van der Waals surface area contributed by atoms with Crippen molar-refractivity contribution in [2.45, 2.75) is 38.8 Å². The second-order valence-electron chi connectivity index (χ2n) is 3.66. The number of morpholine rings is 1. The van der Waals surface area contributed by atoms with Crippen LogP contribution in [0.4, 0.5) is 0 Å². The van der Waals surface area contributed by atoms with Gasteiger partial charge in [0.2, 0.25) is 0 Å². The molecule has 0 aromatic rings. The quantitative estimate of drug-likeness (QED) is 0.614. The Morgan fingerprint density at radius 1 is 1.62 bits per heavy atom. The van der Waals surface area contributed by atoms with E-state index in [1.165, 1.54) is 0 Å². The Morgan fingerprint density at radius 2 is 2.38 bits per heavy atom. The standard InChI is InChI=1S/C10H19NO2/c1-3-10-8-13-9(2)7-11(10)5-4-6-12/h6,9-10H,3-5,7-8H2,1-2H3. The molecule has 1 heterocycles. The van der Waals surface area contributed by atoms with Crippen LogP contribution in [0.1, 0.15) is 26.7 Å². The van der Waals surface area contributed by atoms with Gasteiger partial charge in [0.15, 0.2) is 0 Å². The molecule has 76 valence electrons. The molecule has 1 aliphatic heterocycles. The van der Waals surface area contributed by atoms with Crippen LogP contribution in [0.3, 0.4) is 0 Å². The summed E-state index contributed by atoms with van der Waals surface area (Å²) < 4.78 is 5.56. The summed E-state index contributed by atoms with van der Waals surface area (Å²) in [5, 5.41) is 0. The van der Waals surface area contributed by atoms with E-state index >= 15 is 0 Å². The molecule has 1 rings (SSSR count). The highest BCUT2D eigenvalue weighted by Gasteiger charge is 2.24. The molecule has 1 fully saturated rings. The molecule has 0 saturated carbocycles. The van der Waals surface area contributed by atoms with Gasteiger partial charge >= 0.3 is 0 Å². The number of carbonyl (C=O) groups is 1. The second kappa shape index (κ2) is 5.35. The minimum Gasteiger partial charge on any atom is -0.376 e. The van der Waals surface area contributed by atoms with Gasteiger partial charge in [-0.3, -0.25) is 4.90 Å². The first-order chi connectivity index (χ1) is 6.27. The highest BCUT2D eigenvalue weighted by atomic mass is 16.5. The lowest BCUT2D eigenvalue weighted by atomic mass is 10.1. The Bertz CT molecular complexity index is 161. The molecule has 2 atom stereocenters. The molecule has 0 N–H and O–H groups in total. The molecule has 0 radical (unpaired) electrons. The SMILES string of the molecule is CCC1COC(C)CN1CCC=O. The Kier molecular flexibility index (Phi) is 4.39. The van der Waals surface area contributed by atoms with E-state index in [1.54, 1.807) is 0 Å². The van der Waals surface area contributed by atoms with Gasteiger partial charge in [0, 0.05) is 25.6 Å². The summed E-state index contributed by atoms with van der Waals surface area (Å²) in [4.78, 5) is 12.6. The summed E-state index contributed by atoms with van der Waals surface area (Å²) in [5.41, 5.74) is 0. The molecule has 3 heteroatoms. The average molecular weight is 185 g/mol. The predicted octanol–water partition coefficient (Wildman–Crippen LogP) is 1.07. The van der Waals surface area contributed by atoms with Gasteiger partial charge in [0.1, 0.15) is 6.29 Å². The first-order valence-electron chi connectivity index (χ1n) is 5.07. The van der Waals surface area contributed by atoms with Crippen LogP contribution in [0, 0.1) is 0 Å². The number of ether oxygens (including phenoxy) is 1. The lowest BCUT2D eigenvalue weighted by Gasteiger charge is -2.37. The van der Waals surface area contributed by atoms with Crippen molar-refractivity contribution >= 4 is 6.29 Å². The molecule has 3 nitrogen and oxygen atoms in total. The minimum absolute atomic E-state index is 0.314. The highest BCUT2D eigenvalue weighted by molar-refractivity contribution is 5.49. The number of rotatable bonds is 4. The zero-order valence-corrected chi connectivity index (χ0v) is 8.53. The van der Waals surface area contributed by atoms with Crippen molar-refractivity contribution in [2.75, 3.05) is 19.7 Å². The summed E-state index contributed by atoms with van der Waals surface area (Å²) in [6.45, 7) is 6.91. The van der Waals surface area contributed by atoms with E-state index in [1.807, 2.05) is 0 Å². The van der Waals surface area contributed by atoms with E-state index in [2.05, 4.69) is 18.7 Å². The van der Waals surface area contributed by atoms with Crippen molar-refractivity contribution in [1.29, 1.82) is 0 Å². The lowest BCUT2D eigenvalue weighted by Crippen LogP contribution is -2.48. The zero-order chi connectivity index (χ0) is 9.68. The number of nitrogens with zero attached hydrogens (tertiary/aromatic N) is 1. The monoisotopic (exact) mass is 185 g/mol. The molecule has 0 aliphatic carbocycles. The van der Waals surface area contributed by atoms with Crippen molar-refractivity contribution < 1.29 is 9.53 Å². The molecule has 0 amide bonds. The molecule has 0 bridgehead atoms. The number of hydrogen-bond acceptors (Lipinski definition) is 3. The molecule has 0 aromatic heterocycles. The van der Waals surface area contributed by atoms with E-state index in [4.69, 9.17) is 4.74 Å². The predicted molar refractivity (Wildman–Crippen MR) is 51.7 cm³/mol. The Hall–Kier alpha value is -0.410. The van der Waals surface area contributed by atoms with Crippen LogP contribution >= 0.6 is 0 Å². The van der Waals surface area contributed by atoms with Crippen molar-refractivity contribution in [3.8, 4) is 0 Å². The Morgan fingerprint density at radius 3 is 3.00 bits per heavy atom. The molecule has 1 saturated heterocycles. The van der Waals surface area contributed by atoms with E-state index in [-0.39, 0.29) is 0 Å². The summed E-state index contributed by atoms with van der Waals surface area (Å²) >= 11 is 0. The number of aldehydes is 1. The average Bonchev–Trinajstić information content (AvgIpc) is 2.15. The van der Waals surface area contributed by atoms with Crippen LogP contribution in [0.25, 0.3) is 0 Å². The van der Waals surface area contributed by atoms with Crippen LogP contribution in [0.2, 0.25) is 0 Å².